The van der Waals surface area contributed by atoms with Crippen LogP contribution in [0.1, 0.15) is 18.2 Å². The summed E-state index contributed by atoms with van der Waals surface area (Å²) in [7, 11) is 1.48. The van der Waals surface area contributed by atoms with Gasteiger partial charge in [-0.15, -0.1) is 0 Å². The first-order chi connectivity index (χ1) is 16.3. The van der Waals surface area contributed by atoms with E-state index in [4.69, 9.17) is 16.3 Å². The lowest BCUT2D eigenvalue weighted by molar-refractivity contribution is -0.116. The standard InChI is InChI=1S/C24H24ClN5O4/c1-4-30-22-21(15(2)27-30)28(14-20(31)26-18-12-17(25)10-11-19(18)34-3)24(33)29(23(22)32)13-16-8-6-5-7-9-16/h5-12H,4,13-14H2,1-3H3,(H,26,31). The van der Waals surface area contributed by atoms with Gasteiger partial charge >= 0.3 is 5.69 Å². The molecule has 4 aromatic rings. The largest absolute Gasteiger partial charge is 0.495 e. The number of carbonyl (C=O) groups is 1. The SMILES string of the molecule is CCn1nc(C)c2c1c(=O)n(Cc1ccccc1)c(=O)n2CC(=O)Nc1cc(Cl)ccc1OC. The van der Waals surface area contributed by atoms with Crippen LogP contribution in [-0.4, -0.2) is 31.9 Å². The average molecular weight is 482 g/mol. The molecular weight excluding hydrogens is 458 g/mol. The topological polar surface area (TPSA) is 100 Å². The zero-order valence-corrected chi connectivity index (χ0v) is 19.8. The Kier molecular flexibility index (Phi) is 6.56. The van der Waals surface area contributed by atoms with E-state index >= 15 is 0 Å². The average Bonchev–Trinajstić information content (AvgIpc) is 3.16. The van der Waals surface area contributed by atoms with Crippen LogP contribution in [0.25, 0.3) is 11.0 Å². The van der Waals surface area contributed by atoms with Crippen LogP contribution in [0, 0.1) is 6.92 Å². The summed E-state index contributed by atoms with van der Waals surface area (Å²) in [6.07, 6.45) is 0. The van der Waals surface area contributed by atoms with Crippen molar-refractivity contribution in [3.8, 4) is 5.75 Å². The molecule has 0 saturated carbocycles. The summed E-state index contributed by atoms with van der Waals surface area (Å²) >= 11 is 6.06. The maximum Gasteiger partial charge on any atom is 0.332 e. The predicted octanol–water partition coefficient (Wildman–Crippen LogP) is 3.04. The molecule has 0 bridgehead atoms. The summed E-state index contributed by atoms with van der Waals surface area (Å²) in [6.45, 7) is 3.77. The number of methoxy groups -OCH3 is 1. The second-order valence-electron chi connectivity index (χ2n) is 7.74. The highest BCUT2D eigenvalue weighted by atomic mass is 35.5. The number of halogens is 1. The van der Waals surface area contributed by atoms with Gasteiger partial charge in [0.1, 0.15) is 17.8 Å². The monoisotopic (exact) mass is 481 g/mol. The predicted molar refractivity (Wildman–Crippen MR) is 131 cm³/mol. The van der Waals surface area contributed by atoms with Gasteiger partial charge in [-0.1, -0.05) is 41.9 Å². The molecule has 0 aliphatic heterocycles. The maximum atomic E-state index is 13.5. The fourth-order valence-electron chi connectivity index (χ4n) is 3.96. The zero-order chi connectivity index (χ0) is 24.4. The molecule has 176 valence electrons. The number of benzene rings is 2. The zero-order valence-electron chi connectivity index (χ0n) is 19.0. The van der Waals surface area contributed by atoms with Crippen molar-refractivity contribution >= 4 is 34.2 Å². The maximum absolute atomic E-state index is 13.5. The Morgan fingerprint density at radius 3 is 2.50 bits per heavy atom. The van der Waals surface area contributed by atoms with Crippen LogP contribution in [-0.2, 0) is 24.4 Å². The first-order valence-corrected chi connectivity index (χ1v) is 11.1. The Hall–Kier alpha value is -3.85. The molecule has 0 radical (unpaired) electrons. The van der Waals surface area contributed by atoms with Gasteiger partial charge in [0.15, 0.2) is 5.52 Å². The van der Waals surface area contributed by atoms with Crippen LogP contribution in [0.2, 0.25) is 5.02 Å². The van der Waals surface area contributed by atoms with Gasteiger partial charge in [-0.25, -0.2) is 4.79 Å². The molecule has 0 fully saturated rings. The molecule has 2 heterocycles. The number of ether oxygens (including phenoxy) is 1. The highest BCUT2D eigenvalue weighted by Crippen LogP contribution is 2.27. The number of aromatic nitrogens is 4. The van der Waals surface area contributed by atoms with Crippen molar-refractivity contribution in [3.63, 3.8) is 0 Å². The molecule has 1 N–H and O–H groups in total. The molecule has 0 unspecified atom stereocenters. The van der Waals surface area contributed by atoms with Gasteiger partial charge in [0.25, 0.3) is 5.56 Å². The van der Waals surface area contributed by atoms with Crippen molar-refractivity contribution in [3.05, 3.63) is 85.6 Å². The van der Waals surface area contributed by atoms with Crippen LogP contribution in [0.4, 0.5) is 5.69 Å². The molecule has 0 atom stereocenters. The Labute approximate surface area is 200 Å². The summed E-state index contributed by atoms with van der Waals surface area (Å²) in [4.78, 5) is 39.9. The highest BCUT2D eigenvalue weighted by molar-refractivity contribution is 6.31. The molecule has 0 spiro atoms. The number of fused-ring (bicyclic) bond motifs is 1. The van der Waals surface area contributed by atoms with Crippen LogP contribution in [0.5, 0.6) is 5.75 Å². The van der Waals surface area contributed by atoms with Gasteiger partial charge in [-0.3, -0.25) is 23.4 Å². The normalized spacial score (nSPS) is 11.1. The number of nitrogens with zero attached hydrogens (tertiary/aromatic N) is 4. The number of nitrogens with one attached hydrogen (secondary N) is 1. The number of hydrogen-bond acceptors (Lipinski definition) is 5. The van der Waals surface area contributed by atoms with E-state index < -0.39 is 17.2 Å². The molecule has 0 aliphatic carbocycles. The number of amides is 1. The van der Waals surface area contributed by atoms with Gasteiger partial charge in [0.05, 0.1) is 25.0 Å². The Morgan fingerprint density at radius 2 is 1.82 bits per heavy atom. The lowest BCUT2D eigenvalue weighted by Gasteiger charge is -2.14. The third kappa shape index (κ3) is 4.34. The lowest BCUT2D eigenvalue weighted by Crippen LogP contribution is -2.42. The lowest BCUT2D eigenvalue weighted by atomic mass is 10.2. The molecule has 34 heavy (non-hydrogen) atoms. The molecule has 2 aromatic heterocycles. The minimum absolute atomic E-state index is 0.0755. The summed E-state index contributed by atoms with van der Waals surface area (Å²) < 4.78 is 9.27. The van der Waals surface area contributed by atoms with Crippen molar-refractivity contribution in [1.29, 1.82) is 0 Å². The van der Waals surface area contributed by atoms with Gasteiger partial charge in [-0.05, 0) is 37.6 Å². The molecule has 0 saturated heterocycles. The van der Waals surface area contributed by atoms with Gasteiger partial charge in [-0.2, -0.15) is 5.10 Å². The third-order valence-electron chi connectivity index (χ3n) is 5.50. The molecule has 1 amide bonds. The van der Waals surface area contributed by atoms with Crippen LogP contribution in [0.15, 0.2) is 58.1 Å². The van der Waals surface area contributed by atoms with Crippen molar-refractivity contribution in [2.24, 2.45) is 0 Å². The molecule has 10 heteroatoms. The summed E-state index contributed by atoms with van der Waals surface area (Å²) in [5, 5.41) is 7.59. The van der Waals surface area contributed by atoms with Crippen molar-refractivity contribution in [2.45, 2.75) is 33.5 Å². The first-order valence-electron chi connectivity index (χ1n) is 10.7. The number of anilines is 1. The molecule has 2 aromatic carbocycles. The fraction of sp³-hybridized carbons (Fsp3) is 0.250. The smallest absolute Gasteiger partial charge is 0.332 e. The fourth-order valence-corrected chi connectivity index (χ4v) is 4.13. The van der Waals surface area contributed by atoms with Gasteiger partial charge < -0.3 is 10.1 Å². The minimum atomic E-state index is -0.590. The minimum Gasteiger partial charge on any atom is -0.495 e. The van der Waals surface area contributed by atoms with Crippen molar-refractivity contribution in [2.75, 3.05) is 12.4 Å². The summed E-state index contributed by atoms with van der Waals surface area (Å²) in [6, 6.07) is 14.0. The molecule has 4 rings (SSSR count). The summed E-state index contributed by atoms with van der Waals surface area (Å²) in [5.74, 6) is -0.0446. The number of aryl methyl sites for hydroxylation is 2. The van der Waals surface area contributed by atoms with E-state index in [2.05, 4.69) is 10.4 Å². The number of rotatable bonds is 7. The second kappa shape index (κ2) is 9.56. The van der Waals surface area contributed by atoms with Crippen LogP contribution >= 0.6 is 11.6 Å². The Balaban J connectivity index is 1.82. The van der Waals surface area contributed by atoms with Crippen LogP contribution < -0.4 is 21.3 Å². The van der Waals surface area contributed by atoms with Crippen LogP contribution in [0.3, 0.4) is 0 Å². The van der Waals surface area contributed by atoms with Gasteiger partial charge in [0.2, 0.25) is 5.91 Å². The van der Waals surface area contributed by atoms with E-state index in [-0.39, 0.29) is 18.6 Å². The highest BCUT2D eigenvalue weighted by Gasteiger charge is 2.22. The first kappa shape index (κ1) is 23.3. The number of hydrogen-bond donors (Lipinski definition) is 1. The molecular formula is C24H24ClN5O4. The Morgan fingerprint density at radius 1 is 1.09 bits per heavy atom. The van der Waals surface area contributed by atoms with E-state index in [0.29, 0.717) is 34.2 Å². The summed E-state index contributed by atoms with van der Waals surface area (Å²) in [5.41, 5.74) is 1.25. The van der Waals surface area contributed by atoms with Crippen molar-refractivity contribution < 1.29 is 9.53 Å². The molecule has 0 aliphatic rings. The van der Waals surface area contributed by atoms with E-state index in [1.54, 1.807) is 29.8 Å². The van der Waals surface area contributed by atoms with Gasteiger partial charge in [0, 0.05) is 11.6 Å². The molecule has 9 nitrogen and oxygen atoms in total. The van der Waals surface area contributed by atoms with E-state index in [9.17, 15) is 14.4 Å². The van der Waals surface area contributed by atoms with Crippen molar-refractivity contribution in [1.82, 2.24) is 18.9 Å². The van der Waals surface area contributed by atoms with E-state index in [1.165, 1.54) is 11.7 Å². The Bertz CT molecular complexity index is 1490. The second-order valence-corrected chi connectivity index (χ2v) is 8.17. The number of carbonyl (C=O) groups excluding carboxylic acids is 1. The van der Waals surface area contributed by atoms with E-state index in [1.807, 2.05) is 37.3 Å². The van der Waals surface area contributed by atoms with E-state index in [0.717, 1.165) is 10.1 Å². The third-order valence-corrected chi connectivity index (χ3v) is 5.73. The quantitative estimate of drug-likeness (QED) is 0.437.